The van der Waals surface area contributed by atoms with Crippen LogP contribution in [0.5, 0.6) is 0 Å². The van der Waals surface area contributed by atoms with Gasteiger partial charge < -0.3 is 20.5 Å². The average Bonchev–Trinajstić information content (AvgIpc) is 3.57. The van der Waals surface area contributed by atoms with Crippen LogP contribution in [0.1, 0.15) is 74.5 Å². The summed E-state index contributed by atoms with van der Waals surface area (Å²) in [5.74, 6) is -5.99. The summed E-state index contributed by atoms with van der Waals surface area (Å²) in [6.07, 6.45) is -2.04. The van der Waals surface area contributed by atoms with Gasteiger partial charge in [-0.25, -0.2) is 18.4 Å². The summed E-state index contributed by atoms with van der Waals surface area (Å²) >= 11 is 25.5. The maximum absolute atomic E-state index is 16.3. The van der Waals surface area contributed by atoms with Crippen LogP contribution in [0.4, 0.5) is 35.4 Å². The van der Waals surface area contributed by atoms with Gasteiger partial charge in [0.05, 0.1) is 22.2 Å². The Morgan fingerprint density at radius 1 is 0.960 bits per heavy atom. The highest BCUT2D eigenvalue weighted by atomic mass is 35.5. The van der Waals surface area contributed by atoms with Crippen LogP contribution in [0.3, 0.4) is 0 Å². The molecule has 0 aromatic heterocycles. The van der Waals surface area contributed by atoms with E-state index in [-0.39, 0.29) is 26.7 Å². The number of carbonyl (C=O) groups is 4. The smallest absolute Gasteiger partial charge is 0.424 e. The zero-order valence-electron chi connectivity index (χ0n) is 27.7. The number of hydrogen-bond donors (Lipinski definition) is 3. The topological polar surface area (TPSA) is 125 Å². The number of rotatable bonds is 7. The van der Waals surface area contributed by atoms with Crippen LogP contribution in [0.15, 0.2) is 49.0 Å². The Hall–Kier alpha value is -3.90. The zero-order valence-corrected chi connectivity index (χ0v) is 30.7. The summed E-state index contributed by atoms with van der Waals surface area (Å²) in [6.45, 7) is 12.8. The van der Waals surface area contributed by atoms with Gasteiger partial charge in [-0.15, -0.1) is 23.2 Å². The first kappa shape index (κ1) is 38.9. The van der Waals surface area contributed by atoms with Gasteiger partial charge in [0.25, 0.3) is 5.91 Å². The molecular formula is C35H33Cl4F2N3O6. The van der Waals surface area contributed by atoms with E-state index in [4.69, 9.17) is 51.1 Å². The average molecular weight is 771 g/mol. The number of nitrogens with one attached hydrogen (secondary N) is 2. The molecule has 9 nitrogen and oxygen atoms in total. The second-order valence-corrected chi connectivity index (χ2v) is 15.8. The molecule has 2 unspecified atom stereocenters. The standard InChI is InChI=1S/C35H33Cl4F2N3O6/c1-8-16-13-17(9-11-21(16)36)24-25(35(24,38)39)30(46)42-18-10-12-22(37)19(14-18)29(45)43-27-20(33(2,3)4)15-23(40)28(26(27)41)44(31(47)48)32(49)50-34(5,6)7/h8-15,24-25H,1H2,2-7H3,(H,42,46)(H,43,45)(H,47,48). The van der Waals surface area contributed by atoms with E-state index in [1.807, 2.05) is 0 Å². The molecule has 4 amide bonds. The van der Waals surface area contributed by atoms with E-state index in [1.54, 1.807) is 45.0 Å². The second kappa shape index (κ2) is 14.0. The highest BCUT2D eigenvalue weighted by Gasteiger charge is 2.67. The fourth-order valence-corrected chi connectivity index (χ4v) is 6.48. The molecule has 15 heteroatoms. The summed E-state index contributed by atoms with van der Waals surface area (Å²) in [5, 5.41) is 15.2. The van der Waals surface area contributed by atoms with Crippen molar-refractivity contribution in [3.8, 4) is 0 Å². The third-order valence-corrected chi connectivity index (χ3v) is 9.26. The molecule has 3 N–H and O–H groups in total. The first-order valence-electron chi connectivity index (χ1n) is 15.0. The Balaban J connectivity index is 1.67. The minimum atomic E-state index is -2.03. The van der Waals surface area contributed by atoms with Crippen molar-refractivity contribution in [1.29, 1.82) is 0 Å². The number of imide groups is 1. The number of amides is 4. The van der Waals surface area contributed by atoms with Crippen molar-refractivity contribution in [2.24, 2.45) is 5.92 Å². The van der Waals surface area contributed by atoms with Gasteiger partial charge in [-0.1, -0.05) is 62.7 Å². The number of carboxylic acid groups (broad SMARTS) is 1. The number of alkyl halides is 2. The van der Waals surface area contributed by atoms with Gasteiger partial charge in [0.2, 0.25) is 5.91 Å². The lowest BCUT2D eigenvalue weighted by Gasteiger charge is -2.28. The van der Waals surface area contributed by atoms with Gasteiger partial charge in [-0.05, 0) is 79.3 Å². The summed E-state index contributed by atoms with van der Waals surface area (Å²) in [7, 11) is 0. The molecule has 0 heterocycles. The number of halogens is 6. The minimum Gasteiger partial charge on any atom is -0.464 e. The van der Waals surface area contributed by atoms with E-state index in [9.17, 15) is 24.3 Å². The lowest BCUT2D eigenvalue weighted by atomic mass is 9.85. The van der Waals surface area contributed by atoms with Gasteiger partial charge in [-0.2, -0.15) is 4.90 Å². The van der Waals surface area contributed by atoms with E-state index in [0.29, 0.717) is 16.1 Å². The summed E-state index contributed by atoms with van der Waals surface area (Å²) in [5.41, 5.74) is -3.01. The van der Waals surface area contributed by atoms with Crippen LogP contribution in [0.2, 0.25) is 10.0 Å². The van der Waals surface area contributed by atoms with Crippen LogP contribution in [-0.4, -0.2) is 39.0 Å². The number of nitrogens with zero attached hydrogens (tertiary/aromatic N) is 1. The second-order valence-electron chi connectivity index (χ2n) is 13.5. The van der Waals surface area contributed by atoms with Gasteiger partial charge in [-0.3, -0.25) is 9.59 Å². The van der Waals surface area contributed by atoms with Crippen molar-refractivity contribution < 1.29 is 37.8 Å². The molecule has 0 saturated heterocycles. The summed E-state index contributed by atoms with van der Waals surface area (Å²) in [6, 6.07) is 9.84. The molecule has 1 fully saturated rings. The highest BCUT2D eigenvalue weighted by Crippen LogP contribution is 2.65. The van der Waals surface area contributed by atoms with E-state index >= 15 is 8.78 Å². The Labute approximate surface area is 307 Å². The Morgan fingerprint density at radius 3 is 2.14 bits per heavy atom. The summed E-state index contributed by atoms with van der Waals surface area (Å²) in [4.78, 5) is 51.6. The van der Waals surface area contributed by atoms with E-state index in [0.717, 1.165) is 6.07 Å². The van der Waals surface area contributed by atoms with Crippen molar-refractivity contribution >= 4 is 93.5 Å². The van der Waals surface area contributed by atoms with Gasteiger partial charge in [0.1, 0.15) is 15.6 Å². The Morgan fingerprint density at radius 2 is 1.58 bits per heavy atom. The van der Waals surface area contributed by atoms with Crippen molar-refractivity contribution in [1.82, 2.24) is 0 Å². The lowest BCUT2D eigenvalue weighted by Crippen LogP contribution is -2.41. The molecule has 1 saturated carbocycles. The molecule has 3 aromatic carbocycles. The SMILES string of the molecule is C=Cc1cc(C2C(C(=O)Nc3ccc(Cl)c(C(=O)Nc4c(C(C)(C)C)cc(F)c(N(C(=O)O)C(=O)OC(C)(C)C)c4F)c3)C2(Cl)Cl)ccc1Cl. The molecule has 50 heavy (non-hydrogen) atoms. The number of hydrogen-bond acceptors (Lipinski definition) is 5. The highest BCUT2D eigenvalue weighted by molar-refractivity contribution is 6.53. The normalized spacial score (nSPS) is 16.6. The van der Waals surface area contributed by atoms with Crippen LogP contribution >= 0.6 is 46.4 Å². The molecule has 1 aliphatic rings. The number of anilines is 3. The minimum absolute atomic E-state index is 0.0677. The van der Waals surface area contributed by atoms with Crippen molar-refractivity contribution in [3.63, 3.8) is 0 Å². The number of ether oxygens (including phenoxy) is 1. The van der Waals surface area contributed by atoms with Gasteiger partial charge in [0, 0.05) is 16.6 Å². The quantitative estimate of drug-likeness (QED) is 0.205. The largest absolute Gasteiger partial charge is 0.464 e. The molecule has 0 spiro atoms. The Bertz CT molecular complexity index is 1920. The monoisotopic (exact) mass is 769 g/mol. The Kier molecular flexibility index (Phi) is 10.9. The van der Waals surface area contributed by atoms with Gasteiger partial charge >= 0.3 is 12.2 Å². The number of carbonyl (C=O) groups excluding carboxylic acids is 3. The van der Waals surface area contributed by atoms with Crippen LogP contribution < -0.4 is 15.5 Å². The zero-order chi connectivity index (χ0) is 37.7. The maximum atomic E-state index is 16.3. The molecule has 0 radical (unpaired) electrons. The van der Waals surface area contributed by atoms with E-state index < -0.39 is 74.2 Å². The first-order chi connectivity index (χ1) is 23.0. The van der Waals surface area contributed by atoms with Crippen molar-refractivity contribution in [2.45, 2.75) is 62.8 Å². The molecule has 3 aromatic rings. The fraction of sp³-hybridized carbons (Fsp3) is 0.314. The molecule has 0 bridgehead atoms. The molecule has 266 valence electrons. The third-order valence-electron chi connectivity index (χ3n) is 7.65. The fourth-order valence-electron chi connectivity index (χ4n) is 5.26. The molecule has 0 aliphatic heterocycles. The first-order valence-corrected chi connectivity index (χ1v) is 16.5. The molecule has 4 rings (SSSR count). The number of benzene rings is 3. The van der Waals surface area contributed by atoms with E-state index in [1.165, 1.54) is 39.0 Å². The van der Waals surface area contributed by atoms with Crippen LogP contribution in [0.25, 0.3) is 6.08 Å². The van der Waals surface area contributed by atoms with Crippen molar-refractivity contribution in [2.75, 3.05) is 15.5 Å². The third kappa shape index (κ3) is 8.01. The van der Waals surface area contributed by atoms with Crippen LogP contribution in [0, 0.1) is 17.6 Å². The van der Waals surface area contributed by atoms with E-state index in [2.05, 4.69) is 17.2 Å². The predicted molar refractivity (Wildman–Crippen MR) is 192 cm³/mol. The summed E-state index contributed by atoms with van der Waals surface area (Å²) < 4.78 is 35.4. The van der Waals surface area contributed by atoms with Crippen molar-refractivity contribution in [3.05, 3.63) is 93.0 Å². The van der Waals surface area contributed by atoms with Gasteiger partial charge in [0.15, 0.2) is 11.6 Å². The molecule has 2 atom stereocenters. The maximum Gasteiger partial charge on any atom is 0.424 e. The molecule has 1 aliphatic carbocycles. The molecular weight excluding hydrogens is 738 g/mol. The predicted octanol–water partition coefficient (Wildman–Crippen LogP) is 10.4. The van der Waals surface area contributed by atoms with Crippen LogP contribution in [-0.2, 0) is 14.9 Å². The lowest BCUT2D eigenvalue weighted by molar-refractivity contribution is -0.117.